The van der Waals surface area contributed by atoms with Gasteiger partial charge in [0.05, 0.1) is 11.7 Å². The number of hydrazine groups is 1. The number of carbonyl (C=O) groups is 1. The summed E-state index contributed by atoms with van der Waals surface area (Å²) in [5, 5.41) is 3.35. The van der Waals surface area contributed by atoms with Crippen LogP contribution in [0.1, 0.15) is 27.5 Å². The lowest BCUT2D eigenvalue weighted by Gasteiger charge is -2.29. The van der Waals surface area contributed by atoms with E-state index in [0.29, 0.717) is 5.56 Å². The number of amides is 1. The molecule has 2 unspecified atom stereocenters. The third-order valence-electron chi connectivity index (χ3n) is 5.47. The molecule has 2 aromatic carbocycles. The van der Waals surface area contributed by atoms with Gasteiger partial charge in [0.2, 0.25) is 5.91 Å². The molecule has 5 rings (SSSR count). The summed E-state index contributed by atoms with van der Waals surface area (Å²) in [7, 11) is 0. The summed E-state index contributed by atoms with van der Waals surface area (Å²) >= 11 is 0. The third kappa shape index (κ3) is 3.15. The minimum Gasteiger partial charge on any atom is -0.366 e. The summed E-state index contributed by atoms with van der Waals surface area (Å²) in [4.78, 5) is 13.5. The Morgan fingerprint density at radius 1 is 1.03 bits per heavy atom. The molecule has 0 bridgehead atoms. The van der Waals surface area contributed by atoms with E-state index in [1.54, 1.807) is 24.3 Å². The monoisotopic (exact) mass is 401 g/mol. The zero-order chi connectivity index (χ0) is 20.7. The van der Waals surface area contributed by atoms with Crippen molar-refractivity contribution in [2.24, 2.45) is 5.73 Å². The van der Waals surface area contributed by atoms with Gasteiger partial charge in [0.15, 0.2) is 0 Å². The van der Waals surface area contributed by atoms with Crippen LogP contribution in [0.2, 0.25) is 0 Å². The lowest BCUT2D eigenvalue weighted by molar-refractivity contribution is 0.100. The topological polar surface area (TPSA) is 82.4 Å². The number of carbonyl (C=O) groups excluding carboxylic acids is 1. The molecule has 0 aromatic heterocycles. The molecule has 2 atom stereocenters. The van der Waals surface area contributed by atoms with E-state index in [9.17, 15) is 9.18 Å². The molecule has 6 nitrogen and oxygen atoms in total. The minimum absolute atomic E-state index is 0.0201. The molecule has 7 heteroatoms. The second-order valence-corrected chi connectivity index (χ2v) is 7.31. The zero-order valence-corrected chi connectivity index (χ0v) is 16.0. The third-order valence-corrected chi connectivity index (χ3v) is 5.47. The molecule has 1 amide bonds. The maximum absolute atomic E-state index is 13.3. The highest BCUT2D eigenvalue weighted by Gasteiger charge is 2.30. The number of fused-ring (bicyclic) bond motifs is 1. The van der Waals surface area contributed by atoms with Crippen LogP contribution in [0.25, 0.3) is 5.70 Å². The average Bonchev–Trinajstić information content (AvgIpc) is 3.41. The predicted molar refractivity (Wildman–Crippen MR) is 112 cm³/mol. The van der Waals surface area contributed by atoms with E-state index in [0.717, 1.165) is 28.0 Å². The van der Waals surface area contributed by atoms with E-state index in [4.69, 9.17) is 5.73 Å². The van der Waals surface area contributed by atoms with Gasteiger partial charge in [-0.1, -0.05) is 30.3 Å². The largest absolute Gasteiger partial charge is 0.366 e. The number of nitrogens with two attached hydrogens (primary N) is 1. The second kappa shape index (κ2) is 7.20. The first-order valence-electron chi connectivity index (χ1n) is 9.62. The van der Waals surface area contributed by atoms with Crippen LogP contribution in [-0.2, 0) is 0 Å². The van der Waals surface area contributed by atoms with Gasteiger partial charge < -0.3 is 21.4 Å². The van der Waals surface area contributed by atoms with Crippen molar-refractivity contribution in [1.29, 1.82) is 0 Å². The van der Waals surface area contributed by atoms with Gasteiger partial charge in [-0.2, -0.15) is 0 Å². The Hall–Kier alpha value is -3.84. The lowest BCUT2D eigenvalue weighted by Crippen LogP contribution is -2.33. The predicted octanol–water partition coefficient (Wildman–Crippen LogP) is 2.64. The van der Waals surface area contributed by atoms with Crippen molar-refractivity contribution in [3.8, 4) is 0 Å². The molecule has 2 aromatic rings. The molecule has 150 valence electrons. The van der Waals surface area contributed by atoms with Crippen LogP contribution in [0.3, 0.4) is 0 Å². The second-order valence-electron chi connectivity index (χ2n) is 7.31. The summed E-state index contributed by atoms with van der Waals surface area (Å²) in [5.41, 5.74) is 17.2. The number of halogens is 1. The number of hydrogen-bond acceptors (Lipinski definition) is 5. The number of nitrogens with zero attached hydrogens (tertiary/aromatic N) is 1. The van der Waals surface area contributed by atoms with Crippen LogP contribution in [0.5, 0.6) is 0 Å². The molecule has 0 fully saturated rings. The number of nitrogens with one attached hydrogen (secondary N) is 3. The van der Waals surface area contributed by atoms with Crippen LogP contribution >= 0.6 is 0 Å². The van der Waals surface area contributed by atoms with Crippen LogP contribution < -0.4 is 21.9 Å². The smallest absolute Gasteiger partial charge is 0.248 e. The van der Waals surface area contributed by atoms with Crippen molar-refractivity contribution < 1.29 is 9.18 Å². The van der Waals surface area contributed by atoms with Gasteiger partial charge in [-0.25, -0.2) is 9.82 Å². The first kappa shape index (κ1) is 18.2. The van der Waals surface area contributed by atoms with Crippen molar-refractivity contribution in [2.45, 2.75) is 12.2 Å². The van der Waals surface area contributed by atoms with E-state index >= 15 is 0 Å². The highest BCUT2D eigenvalue weighted by Crippen LogP contribution is 2.35. The summed E-state index contributed by atoms with van der Waals surface area (Å²) < 4.78 is 13.3. The molecule has 0 spiro atoms. The average molecular weight is 401 g/mol. The molecule has 0 aliphatic carbocycles. The Balaban J connectivity index is 1.43. The van der Waals surface area contributed by atoms with E-state index in [1.807, 2.05) is 24.5 Å². The quantitative estimate of drug-likeness (QED) is 0.633. The molecule has 0 saturated carbocycles. The van der Waals surface area contributed by atoms with Gasteiger partial charge >= 0.3 is 0 Å². The molecule has 5 N–H and O–H groups in total. The van der Waals surface area contributed by atoms with Gasteiger partial charge in [-0.15, -0.1) is 0 Å². The Labute approximate surface area is 173 Å². The molecule has 30 heavy (non-hydrogen) atoms. The fraction of sp³-hybridized carbons (Fsp3) is 0.0870. The molecule has 3 aliphatic heterocycles. The minimum atomic E-state index is -0.443. The first-order valence-corrected chi connectivity index (χ1v) is 9.62. The fourth-order valence-corrected chi connectivity index (χ4v) is 3.90. The van der Waals surface area contributed by atoms with E-state index < -0.39 is 5.91 Å². The van der Waals surface area contributed by atoms with Crippen LogP contribution in [0, 0.1) is 5.82 Å². The van der Waals surface area contributed by atoms with Crippen molar-refractivity contribution in [2.75, 3.05) is 0 Å². The molecule has 3 aliphatic rings. The van der Waals surface area contributed by atoms with Crippen LogP contribution in [0.4, 0.5) is 4.39 Å². The van der Waals surface area contributed by atoms with Gasteiger partial charge in [0.1, 0.15) is 12.0 Å². The number of allylic oxidation sites excluding steroid dienone is 1. The summed E-state index contributed by atoms with van der Waals surface area (Å²) in [6.07, 6.45) is 10.2. The Kier molecular flexibility index (Phi) is 4.37. The van der Waals surface area contributed by atoms with Crippen molar-refractivity contribution in [3.63, 3.8) is 0 Å². The summed E-state index contributed by atoms with van der Waals surface area (Å²) in [6, 6.07) is 13.7. The van der Waals surface area contributed by atoms with Crippen molar-refractivity contribution >= 4 is 11.6 Å². The molecule has 3 heterocycles. The maximum atomic E-state index is 13.3. The van der Waals surface area contributed by atoms with Gasteiger partial charge in [-0.3, -0.25) is 4.79 Å². The summed E-state index contributed by atoms with van der Waals surface area (Å²) in [6.45, 7) is 0. The van der Waals surface area contributed by atoms with Gasteiger partial charge in [-0.05, 0) is 47.0 Å². The Morgan fingerprint density at radius 3 is 2.53 bits per heavy atom. The van der Waals surface area contributed by atoms with E-state index in [-0.39, 0.29) is 18.0 Å². The first-order chi connectivity index (χ1) is 14.6. The molecular formula is C23H20FN5O. The molecular weight excluding hydrogens is 381 g/mol. The van der Waals surface area contributed by atoms with Crippen molar-refractivity contribution in [3.05, 3.63) is 113 Å². The van der Waals surface area contributed by atoms with Crippen molar-refractivity contribution in [1.82, 2.24) is 21.1 Å². The van der Waals surface area contributed by atoms with Crippen LogP contribution in [0.15, 0.2) is 90.4 Å². The molecule has 0 saturated heterocycles. The normalized spacial score (nSPS) is 21.9. The SMILES string of the molecule is NC(=O)c1ccc(C2=CNC3C=CC(C4=CNNC4c4ccc(F)cc4)=CN23)cc1. The summed E-state index contributed by atoms with van der Waals surface area (Å²) in [5.74, 6) is -0.698. The number of primary amides is 1. The highest BCUT2D eigenvalue weighted by atomic mass is 19.1. The number of rotatable bonds is 4. The van der Waals surface area contributed by atoms with Gasteiger partial charge in [0, 0.05) is 29.7 Å². The van der Waals surface area contributed by atoms with Gasteiger partial charge in [0.25, 0.3) is 0 Å². The maximum Gasteiger partial charge on any atom is 0.248 e. The fourth-order valence-electron chi connectivity index (χ4n) is 3.90. The Morgan fingerprint density at radius 2 is 1.80 bits per heavy atom. The highest BCUT2D eigenvalue weighted by molar-refractivity contribution is 5.93. The standard InChI is InChI=1S/C23H20FN5O/c24-18-8-5-15(6-9-18)22-19(11-27-28-22)17-7-10-21-26-12-20(29(21)13-17)14-1-3-16(4-2-14)23(25)30/h1-13,21-22,26-28H,(H2,25,30). The van der Waals surface area contributed by atoms with Crippen LogP contribution in [-0.4, -0.2) is 17.0 Å². The number of hydrogen-bond donors (Lipinski definition) is 4. The molecule has 0 radical (unpaired) electrons. The van der Waals surface area contributed by atoms with E-state index in [1.165, 1.54) is 12.1 Å². The Bertz CT molecular complexity index is 1120. The zero-order valence-electron chi connectivity index (χ0n) is 16.0. The van der Waals surface area contributed by atoms with E-state index in [2.05, 4.69) is 39.4 Å². The lowest BCUT2D eigenvalue weighted by atomic mass is 9.93. The number of benzene rings is 2.